The second-order valence-corrected chi connectivity index (χ2v) is 13.5. The molecule has 1 aromatic heterocycles. The first kappa shape index (κ1) is 29.7. The maximum atomic E-state index is 13.8. The van der Waals surface area contributed by atoms with Crippen molar-refractivity contribution in [3.8, 4) is 0 Å². The molecule has 2 aromatic rings. The molecule has 0 radical (unpaired) electrons. The monoisotopic (exact) mass is 606 g/mol. The van der Waals surface area contributed by atoms with Crippen LogP contribution < -0.4 is 9.62 Å². The maximum Gasteiger partial charge on any atom is 0.232 e. The quantitative estimate of drug-likeness (QED) is 0.400. The second-order valence-electron chi connectivity index (χ2n) is 11.3. The number of piperidine rings is 2. The molecule has 0 aliphatic carbocycles. The van der Waals surface area contributed by atoms with Crippen LogP contribution in [0, 0.1) is 12.8 Å². The first-order valence-corrected chi connectivity index (χ1v) is 16.6. The van der Waals surface area contributed by atoms with Crippen molar-refractivity contribution < 1.29 is 18.4 Å². The Kier molecular flexibility index (Phi) is 9.64. The molecule has 1 aromatic carbocycles. The van der Waals surface area contributed by atoms with Crippen molar-refractivity contribution in [2.24, 2.45) is 5.92 Å². The van der Waals surface area contributed by atoms with Gasteiger partial charge in [-0.1, -0.05) is 23.7 Å². The lowest BCUT2D eigenvalue weighted by Crippen LogP contribution is -2.57. The number of halogens is 1. The molecule has 5 rings (SSSR count). The maximum absolute atomic E-state index is 13.8. The summed E-state index contributed by atoms with van der Waals surface area (Å²) in [5, 5.41) is 2.71. The Labute approximate surface area is 248 Å². The molecule has 4 heterocycles. The molecule has 11 heteroatoms. The van der Waals surface area contributed by atoms with Gasteiger partial charge < -0.3 is 9.80 Å². The number of likely N-dealkylation sites (tertiary alicyclic amines) is 1. The molecule has 8 nitrogen and oxygen atoms in total. The van der Waals surface area contributed by atoms with E-state index in [-0.39, 0.29) is 35.7 Å². The Morgan fingerprint density at radius 1 is 1.20 bits per heavy atom. The Morgan fingerprint density at radius 3 is 2.62 bits per heavy atom. The smallest absolute Gasteiger partial charge is 0.232 e. The number of amides is 2. The normalized spacial score (nSPS) is 26.1. The van der Waals surface area contributed by atoms with Gasteiger partial charge >= 0.3 is 0 Å². The fraction of sp³-hybridized carbons (Fsp3) is 0.586. The molecule has 218 valence electrons. The summed E-state index contributed by atoms with van der Waals surface area (Å²) >= 11 is 6.11. The van der Waals surface area contributed by atoms with Gasteiger partial charge in [-0.25, -0.2) is 8.93 Å². The van der Waals surface area contributed by atoms with E-state index in [9.17, 15) is 18.4 Å². The number of benzene rings is 1. The van der Waals surface area contributed by atoms with E-state index in [0.717, 1.165) is 43.5 Å². The SMILES string of the molecule is CC(=O)N1CCC(C(=O)N(CCCN2C3CCC2C(NS(=O)O)C(c2cccs2)C3)c2ccc(C)c(Cl)c2)CC1. The Morgan fingerprint density at radius 2 is 1.98 bits per heavy atom. The van der Waals surface area contributed by atoms with Crippen LogP contribution in [0.3, 0.4) is 0 Å². The van der Waals surface area contributed by atoms with Gasteiger partial charge in [0.1, 0.15) is 0 Å². The molecule has 5 unspecified atom stereocenters. The summed E-state index contributed by atoms with van der Waals surface area (Å²) < 4.78 is 24.6. The van der Waals surface area contributed by atoms with Gasteiger partial charge in [-0.15, -0.1) is 11.3 Å². The summed E-state index contributed by atoms with van der Waals surface area (Å²) in [5.74, 6) is 0.251. The summed E-state index contributed by atoms with van der Waals surface area (Å²) in [4.78, 5) is 33.1. The molecule has 2 amide bonds. The van der Waals surface area contributed by atoms with Crippen molar-refractivity contribution in [3.05, 3.63) is 51.2 Å². The van der Waals surface area contributed by atoms with E-state index in [1.165, 1.54) is 4.88 Å². The predicted octanol–water partition coefficient (Wildman–Crippen LogP) is 4.81. The van der Waals surface area contributed by atoms with E-state index < -0.39 is 11.3 Å². The summed E-state index contributed by atoms with van der Waals surface area (Å²) in [5.41, 5.74) is 1.78. The molecule has 3 saturated heterocycles. The highest BCUT2D eigenvalue weighted by Crippen LogP contribution is 2.44. The molecular weight excluding hydrogens is 568 g/mol. The number of nitrogens with zero attached hydrogens (tertiary/aromatic N) is 3. The number of carbonyl (C=O) groups excluding carboxylic acids is 2. The average molecular weight is 607 g/mol. The van der Waals surface area contributed by atoms with Crippen LogP contribution in [0.25, 0.3) is 0 Å². The number of hydrogen-bond donors (Lipinski definition) is 2. The number of nitrogens with one attached hydrogen (secondary N) is 1. The van der Waals surface area contributed by atoms with Crippen LogP contribution in [0.4, 0.5) is 5.69 Å². The van der Waals surface area contributed by atoms with Gasteiger partial charge in [0, 0.05) is 78.7 Å². The van der Waals surface area contributed by atoms with Crippen LogP contribution in [0.15, 0.2) is 35.7 Å². The summed E-state index contributed by atoms with van der Waals surface area (Å²) in [7, 11) is 0. The van der Waals surface area contributed by atoms with E-state index in [2.05, 4.69) is 21.1 Å². The third-order valence-corrected chi connectivity index (χ3v) is 10.9. The minimum atomic E-state index is -2.08. The van der Waals surface area contributed by atoms with Gasteiger partial charge in [0.2, 0.25) is 23.1 Å². The standard InChI is InChI=1S/C29H39ClN4O4S2/c1-19-6-7-23(18-25(19)30)34(29(36)21-10-14-32(15-11-21)20(2)35)13-4-12-33-22-8-9-26(33)28(31-40(37)38)24(17-22)27-5-3-16-39-27/h3,5-7,16,18,21-22,24,26,28,31H,4,8-15,17H2,1-2H3,(H,37,38). The number of thiophene rings is 1. The topological polar surface area (TPSA) is 93.2 Å². The van der Waals surface area contributed by atoms with Crippen LogP contribution in [0.2, 0.25) is 5.02 Å². The molecule has 40 heavy (non-hydrogen) atoms. The van der Waals surface area contributed by atoms with Crippen LogP contribution in [0.5, 0.6) is 0 Å². The highest BCUT2D eigenvalue weighted by atomic mass is 35.5. The van der Waals surface area contributed by atoms with Gasteiger partial charge in [-0.3, -0.25) is 19.0 Å². The number of hydrogen-bond acceptors (Lipinski definition) is 5. The number of rotatable bonds is 9. The third kappa shape index (κ3) is 6.47. The molecule has 3 aliphatic heterocycles. The van der Waals surface area contributed by atoms with Crippen LogP contribution in [-0.4, -0.2) is 74.7 Å². The highest BCUT2D eigenvalue weighted by molar-refractivity contribution is 7.77. The van der Waals surface area contributed by atoms with E-state index in [4.69, 9.17) is 11.6 Å². The van der Waals surface area contributed by atoms with Crippen LogP contribution in [-0.2, 0) is 20.9 Å². The molecule has 2 N–H and O–H groups in total. The van der Waals surface area contributed by atoms with Crippen molar-refractivity contribution in [2.75, 3.05) is 31.1 Å². The average Bonchev–Trinajstić information content (AvgIpc) is 3.57. The predicted molar refractivity (Wildman–Crippen MR) is 161 cm³/mol. The van der Waals surface area contributed by atoms with Crippen LogP contribution in [0.1, 0.15) is 61.8 Å². The van der Waals surface area contributed by atoms with Gasteiger partial charge in [0.05, 0.1) is 0 Å². The molecule has 2 bridgehead atoms. The second kappa shape index (κ2) is 13.0. The van der Waals surface area contributed by atoms with Gasteiger partial charge in [-0.05, 0) is 74.6 Å². The summed E-state index contributed by atoms with van der Waals surface area (Å²) in [6.07, 6.45) is 5.15. The largest absolute Gasteiger partial charge is 0.343 e. The lowest BCUT2D eigenvalue weighted by atomic mass is 9.85. The summed E-state index contributed by atoms with van der Waals surface area (Å²) in [6.45, 7) is 6.13. The Hall–Kier alpha value is -1.82. The zero-order valence-electron chi connectivity index (χ0n) is 23.1. The van der Waals surface area contributed by atoms with Gasteiger partial charge in [-0.2, -0.15) is 0 Å². The lowest BCUT2D eigenvalue weighted by molar-refractivity contribution is -0.133. The number of anilines is 1. The molecule has 3 aliphatic rings. The van der Waals surface area contributed by atoms with Gasteiger partial charge in [0.15, 0.2) is 0 Å². The van der Waals surface area contributed by atoms with Crippen molar-refractivity contribution in [2.45, 2.75) is 76.4 Å². The Bertz CT molecular complexity index is 1220. The molecule has 0 spiro atoms. The molecule has 5 atom stereocenters. The van der Waals surface area contributed by atoms with Crippen molar-refractivity contribution in [1.82, 2.24) is 14.5 Å². The fourth-order valence-electron chi connectivity index (χ4n) is 6.92. The first-order valence-electron chi connectivity index (χ1n) is 14.2. The van der Waals surface area contributed by atoms with E-state index in [1.807, 2.05) is 41.0 Å². The molecular formula is C29H39ClN4O4S2. The van der Waals surface area contributed by atoms with E-state index in [0.29, 0.717) is 43.5 Å². The van der Waals surface area contributed by atoms with Crippen molar-refractivity contribution >= 4 is 51.7 Å². The third-order valence-electron chi connectivity index (χ3n) is 9.03. The lowest BCUT2D eigenvalue weighted by Gasteiger charge is -2.44. The van der Waals surface area contributed by atoms with Crippen molar-refractivity contribution in [3.63, 3.8) is 0 Å². The van der Waals surface area contributed by atoms with E-state index in [1.54, 1.807) is 18.3 Å². The molecule has 0 saturated carbocycles. The van der Waals surface area contributed by atoms with Crippen molar-refractivity contribution in [1.29, 1.82) is 0 Å². The van der Waals surface area contributed by atoms with Crippen LogP contribution >= 0.6 is 22.9 Å². The zero-order chi connectivity index (χ0) is 28.4. The minimum absolute atomic E-state index is 0.0587. The number of fused-ring (bicyclic) bond motifs is 2. The zero-order valence-corrected chi connectivity index (χ0v) is 25.5. The first-order chi connectivity index (χ1) is 19.2. The molecule has 3 fully saturated rings. The Balaban J connectivity index is 1.29. The highest BCUT2D eigenvalue weighted by Gasteiger charge is 2.48. The van der Waals surface area contributed by atoms with Gasteiger partial charge in [0.25, 0.3) is 0 Å². The number of carbonyl (C=O) groups is 2. The fourth-order valence-corrected chi connectivity index (χ4v) is 8.54. The minimum Gasteiger partial charge on any atom is -0.343 e. The summed E-state index contributed by atoms with van der Waals surface area (Å²) in [6, 6.07) is 10.5. The number of aryl methyl sites for hydroxylation is 1. The van der Waals surface area contributed by atoms with E-state index >= 15 is 0 Å².